The highest BCUT2D eigenvalue weighted by Crippen LogP contribution is 2.04. The second-order valence-corrected chi connectivity index (χ2v) is 3.53. The van der Waals surface area contributed by atoms with E-state index in [9.17, 15) is 4.79 Å². The van der Waals surface area contributed by atoms with E-state index in [1.54, 1.807) is 0 Å². The van der Waals surface area contributed by atoms with Crippen LogP contribution in [-0.2, 0) is 9.53 Å². The molecule has 0 saturated carbocycles. The van der Waals surface area contributed by atoms with Gasteiger partial charge in [-0.3, -0.25) is 9.69 Å². The van der Waals surface area contributed by atoms with Crippen LogP contribution in [-0.4, -0.2) is 43.7 Å². The van der Waals surface area contributed by atoms with Crippen molar-refractivity contribution in [2.45, 2.75) is 12.8 Å². The highest BCUT2D eigenvalue weighted by atomic mass is 16.5. The average molecular weight is 198 g/mol. The van der Waals surface area contributed by atoms with Crippen molar-refractivity contribution in [2.75, 3.05) is 32.8 Å². The first-order valence-corrected chi connectivity index (χ1v) is 4.98. The summed E-state index contributed by atoms with van der Waals surface area (Å²) in [6, 6.07) is 0. The van der Waals surface area contributed by atoms with Gasteiger partial charge in [-0.1, -0.05) is 6.58 Å². The molecule has 0 aliphatic carbocycles. The summed E-state index contributed by atoms with van der Waals surface area (Å²) in [7, 11) is 0. The third kappa shape index (κ3) is 3.89. The standard InChI is InChI=1S/C10H18N2O2/c1-9(10(11)13)3-2-4-12-5-7-14-8-6-12/h1-8H2,(H2,11,13). The Labute approximate surface area is 84.7 Å². The maximum absolute atomic E-state index is 10.7. The second kappa shape index (κ2) is 5.78. The Hall–Kier alpha value is -0.870. The van der Waals surface area contributed by atoms with E-state index < -0.39 is 0 Å². The van der Waals surface area contributed by atoms with Gasteiger partial charge >= 0.3 is 0 Å². The number of carbonyl (C=O) groups is 1. The number of ether oxygens (including phenoxy) is 1. The van der Waals surface area contributed by atoms with Gasteiger partial charge < -0.3 is 10.5 Å². The van der Waals surface area contributed by atoms with E-state index in [1.807, 2.05) is 0 Å². The normalized spacial score (nSPS) is 18.0. The Balaban J connectivity index is 2.08. The van der Waals surface area contributed by atoms with Crippen LogP contribution >= 0.6 is 0 Å². The van der Waals surface area contributed by atoms with E-state index in [4.69, 9.17) is 10.5 Å². The fourth-order valence-corrected chi connectivity index (χ4v) is 1.46. The second-order valence-electron chi connectivity index (χ2n) is 3.53. The quantitative estimate of drug-likeness (QED) is 0.639. The maximum Gasteiger partial charge on any atom is 0.244 e. The minimum absolute atomic E-state index is 0.382. The largest absolute Gasteiger partial charge is 0.379 e. The van der Waals surface area contributed by atoms with Crippen molar-refractivity contribution >= 4 is 5.91 Å². The first-order valence-electron chi connectivity index (χ1n) is 4.98. The first kappa shape index (κ1) is 11.2. The Morgan fingerprint density at radius 3 is 2.64 bits per heavy atom. The minimum Gasteiger partial charge on any atom is -0.379 e. The van der Waals surface area contributed by atoms with Crippen molar-refractivity contribution in [3.8, 4) is 0 Å². The van der Waals surface area contributed by atoms with Crippen molar-refractivity contribution < 1.29 is 9.53 Å². The molecule has 0 aromatic rings. The highest BCUT2D eigenvalue weighted by molar-refractivity contribution is 5.91. The molecule has 0 spiro atoms. The van der Waals surface area contributed by atoms with Gasteiger partial charge in [0.25, 0.3) is 0 Å². The molecule has 0 bridgehead atoms. The molecule has 0 atom stereocenters. The number of carbonyl (C=O) groups excluding carboxylic acids is 1. The van der Waals surface area contributed by atoms with Crippen molar-refractivity contribution in [3.05, 3.63) is 12.2 Å². The molecule has 0 aromatic carbocycles. The molecule has 1 saturated heterocycles. The zero-order valence-corrected chi connectivity index (χ0v) is 8.50. The van der Waals surface area contributed by atoms with Crippen molar-refractivity contribution in [1.29, 1.82) is 0 Å². The molecule has 14 heavy (non-hydrogen) atoms. The van der Waals surface area contributed by atoms with E-state index in [1.165, 1.54) is 0 Å². The van der Waals surface area contributed by atoms with Crippen LogP contribution in [0.5, 0.6) is 0 Å². The molecule has 1 heterocycles. The predicted molar refractivity (Wildman–Crippen MR) is 54.8 cm³/mol. The van der Waals surface area contributed by atoms with Crippen LogP contribution in [0.1, 0.15) is 12.8 Å². The van der Waals surface area contributed by atoms with Crippen LogP contribution in [0.15, 0.2) is 12.2 Å². The zero-order chi connectivity index (χ0) is 10.4. The van der Waals surface area contributed by atoms with Crippen molar-refractivity contribution in [2.24, 2.45) is 5.73 Å². The highest BCUT2D eigenvalue weighted by Gasteiger charge is 2.10. The summed E-state index contributed by atoms with van der Waals surface area (Å²) < 4.78 is 5.23. The minimum atomic E-state index is -0.382. The third-order valence-corrected chi connectivity index (χ3v) is 2.41. The van der Waals surface area contributed by atoms with Gasteiger partial charge in [0.1, 0.15) is 0 Å². The molecule has 1 amide bonds. The van der Waals surface area contributed by atoms with Crippen LogP contribution in [0.25, 0.3) is 0 Å². The average Bonchev–Trinajstić information content (AvgIpc) is 2.19. The topological polar surface area (TPSA) is 55.6 Å². The van der Waals surface area contributed by atoms with E-state index >= 15 is 0 Å². The number of hydrogen-bond donors (Lipinski definition) is 1. The van der Waals surface area contributed by atoms with Gasteiger partial charge in [-0.2, -0.15) is 0 Å². The monoisotopic (exact) mass is 198 g/mol. The van der Waals surface area contributed by atoms with E-state index in [-0.39, 0.29) is 5.91 Å². The van der Waals surface area contributed by atoms with E-state index in [2.05, 4.69) is 11.5 Å². The zero-order valence-electron chi connectivity index (χ0n) is 8.50. The molecule has 1 fully saturated rings. The lowest BCUT2D eigenvalue weighted by atomic mass is 10.1. The van der Waals surface area contributed by atoms with Gasteiger partial charge in [0.2, 0.25) is 5.91 Å². The Morgan fingerprint density at radius 2 is 2.07 bits per heavy atom. The molecule has 4 heteroatoms. The summed E-state index contributed by atoms with van der Waals surface area (Å²) in [6.07, 6.45) is 1.65. The van der Waals surface area contributed by atoms with Gasteiger partial charge in [-0.05, 0) is 19.4 Å². The smallest absolute Gasteiger partial charge is 0.244 e. The lowest BCUT2D eigenvalue weighted by Crippen LogP contribution is -2.36. The number of amides is 1. The lowest BCUT2D eigenvalue weighted by Gasteiger charge is -2.26. The number of rotatable bonds is 5. The van der Waals surface area contributed by atoms with Gasteiger partial charge in [0.15, 0.2) is 0 Å². The summed E-state index contributed by atoms with van der Waals surface area (Å²) in [4.78, 5) is 13.0. The molecular formula is C10H18N2O2. The Bertz CT molecular complexity index is 210. The summed E-state index contributed by atoms with van der Waals surface area (Å²) in [5, 5.41) is 0. The molecule has 1 aliphatic heterocycles. The summed E-state index contributed by atoms with van der Waals surface area (Å²) in [6.45, 7) is 8.23. The number of nitrogens with two attached hydrogens (primary N) is 1. The molecule has 80 valence electrons. The van der Waals surface area contributed by atoms with Crippen LogP contribution in [0.4, 0.5) is 0 Å². The molecule has 0 unspecified atom stereocenters. The number of nitrogens with zero attached hydrogens (tertiary/aromatic N) is 1. The summed E-state index contributed by atoms with van der Waals surface area (Å²) >= 11 is 0. The van der Waals surface area contributed by atoms with Gasteiger partial charge in [0, 0.05) is 18.7 Å². The van der Waals surface area contributed by atoms with Crippen molar-refractivity contribution in [1.82, 2.24) is 4.90 Å². The molecule has 0 radical (unpaired) electrons. The van der Waals surface area contributed by atoms with Crippen LogP contribution in [0.2, 0.25) is 0 Å². The fraction of sp³-hybridized carbons (Fsp3) is 0.700. The fourth-order valence-electron chi connectivity index (χ4n) is 1.46. The van der Waals surface area contributed by atoms with Crippen molar-refractivity contribution in [3.63, 3.8) is 0 Å². The SMILES string of the molecule is C=C(CCCN1CCOCC1)C(N)=O. The lowest BCUT2D eigenvalue weighted by molar-refractivity contribution is -0.114. The molecule has 1 rings (SSSR count). The molecule has 4 nitrogen and oxygen atoms in total. The maximum atomic E-state index is 10.7. The van der Waals surface area contributed by atoms with Gasteiger partial charge in [-0.15, -0.1) is 0 Å². The Kier molecular flexibility index (Phi) is 4.62. The van der Waals surface area contributed by atoms with Crippen LogP contribution in [0, 0.1) is 0 Å². The molecule has 0 aromatic heterocycles. The molecular weight excluding hydrogens is 180 g/mol. The summed E-state index contributed by atoms with van der Waals surface area (Å²) in [5.74, 6) is -0.382. The molecule has 2 N–H and O–H groups in total. The number of hydrogen-bond acceptors (Lipinski definition) is 3. The first-order chi connectivity index (χ1) is 6.70. The number of morpholine rings is 1. The molecule has 1 aliphatic rings. The third-order valence-electron chi connectivity index (χ3n) is 2.41. The van der Waals surface area contributed by atoms with E-state index in [0.717, 1.165) is 39.3 Å². The predicted octanol–water partition coefficient (Wildman–Crippen LogP) is 0.140. The van der Waals surface area contributed by atoms with Gasteiger partial charge in [-0.25, -0.2) is 0 Å². The van der Waals surface area contributed by atoms with Crippen LogP contribution < -0.4 is 5.73 Å². The van der Waals surface area contributed by atoms with Gasteiger partial charge in [0.05, 0.1) is 13.2 Å². The van der Waals surface area contributed by atoms with E-state index in [0.29, 0.717) is 12.0 Å². The summed E-state index contributed by atoms with van der Waals surface area (Å²) in [5.41, 5.74) is 5.61. The Morgan fingerprint density at radius 1 is 1.43 bits per heavy atom. The number of primary amides is 1. The van der Waals surface area contributed by atoms with Crippen LogP contribution in [0.3, 0.4) is 0 Å².